The molecule has 2 aromatic carbocycles. The maximum Gasteiger partial charge on any atom is 0.416 e. The van der Waals surface area contributed by atoms with Crippen molar-refractivity contribution in [3.8, 4) is 11.1 Å². The molecule has 2 atom stereocenters. The predicted molar refractivity (Wildman–Crippen MR) is 84.3 cm³/mol. The number of benzene rings is 2. The first-order chi connectivity index (χ1) is 10.0. The van der Waals surface area contributed by atoms with Crippen molar-refractivity contribution in [2.24, 2.45) is 0 Å². The van der Waals surface area contributed by atoms with Gasteiger partial charge in [-0.25, -0.2) is 0 Å². The Labute approximate surface area is 134 Å². The summed E-state index contributed by atoms with van der Waals surface area (Å²) in [6.07, 6.45) is -3.21. The van der Waals surface area contributed by atoms with Crippen LogP contribution in [0, 0.1) is 0 Å². The third-order valence-corrected chi connectivity index (χ3v) is 4.04. The van der Waals surface area contributed by atoms with Gasteiger partial charge in [0, 0.05) is 12.0 Å². The lowest BCUT2D eigenvalue weighted by molar-refractivity contribution is -0.137. The number of hydrogen-bond donors (Lipinski definition) is 1. The first-order valence-corrected chi connectivity index (χ1v) is 6.94. The Morgan fingerprint density at radius 1 is 1.00 bits per heavy atom. The lowest BCUT2D eigenvalue weighted by Crippen LogP contribution is -2.10. The highest BCUT2D eigenvalue weighted by molar-refractivity contribution is 5.85. The first kappa shape index (κ1) is 16.8. The zero-order valence-electron chi connectivity index (χ0n) is 12.0. The smallest absolute Gasteiger partial charge is 0.316 e. The van der Waals surface area contributed by atoms with Gasteiger partial charge in [0.05, 0.1) is 5.56 Å². The highest BCUT2D eigenvalue weighted by atomic mass is 35.5. The molecule has 1 aliphatic carbocycles. The molecule has 0 heterocycles. The molecule has 0 aliphatic heterocycles. The van der Waals surface area contributed by atoms with Gasteiger partial charge in [-0.3, -0.25) is 0 Å². The Bertz CT molecular complexity index is 637. The molecule has 1 N–H and O–H groups in total. The van der Waals surface area contributed by atoms with Gasteiger partial charge in [-0.1, -0.05) is 36.4 Å². The predicted octanol–water partition coefficient (Wildman–Crippen LogP) is 4.87. The molecule has 3 rings (SSSR count). The van der Waals surface area contributed by atoms with E-state index < -0.39 is 11.7 Å². The maximum atomic E-state index is 12.6. The van der Waals surface area contributed by atoms with Gasteiger partial charge in [0.2, 0.25) is 0 Å². The average Bonchev–Trinajstić information content (AvgIpc) is 3.26. The number of nitrogens with one attached hydrogen (secondary N) is 1. The molecule has 0 saturated heterocycles. The molecule has 2 aromatic rings. The molecule has 118 valence electrons. The molecular formula is C17H17ClF3N. The summed E-state index contributed by atoms with van der Waals surface area (Å²) in [5.41, 5.74) is 2.45. The highest BCUT2D eigenvalue weighted by Crippen LogP contribution is 2.44. The monoisotopic (exact) mass is 327 g/mol. The summed E-state index contributed by atoms with van der Waals surface area (Å²) in [6, 6.07) is 13.8. The number of alkyl halides is 3. The lowest BCUT2D eigenvalue weighted by Gasteiger charge is -2.11. The van der Waals surface area contributed by atoms with Gasteiger partial charge in [0.1, 0.15) is 0 Å². The molecule has 0 radical (unpaired) electrons. The fourth-order valence-corrected chi connectivity index (χ4v) is 2.78. The van der Waals surface area contributed by atoms with Gasteiger partial charge in [-0.05, 0) is 42.3 Å². The third kappa shape index (κ3) is 3.28. The molecule has 1 nitrogen and oxygen atoms in total. The van der Waals surface area contributed by atoms with E-state index in [4.69, 9.17) is 0 Å². The molecule has 0 bridgehead atoms. The van der Waals surface area contributed by atoms with Crippen LogP contribution in [-0.2, 0) is 6.18 Å². The van der Waals surface area contributed by atoms with Crippen molar-refractivity contribution >= 4 is 12.4 Å². The van der Waals surface area contributed by atoms with Crippen LogP contribution in [0.3, 0.4) is 0 Å². The van der Waals surface area contributed by atoms with E-state index in [2.05, 4.69) is 11.4 Å². The van der Waals surface area contributed by atoms with E-state index >= 15 is 0 Å². The van der Waals surface area contributed by atoms with Crippen LogP contribution in [0.15, 0.2) is 48.5 Å². The van der Waals surface area contributed by atoms with Crippen LogP contribution in [0.2, 0.25) is 0 Å². The van der Waals surface area contributed by atoms with Gasteiger partial charge in [-0.2, -0.15) is 13.2 Å². The van der Waals surface area contributed by atoms with Gasteiger partial charge >= 0.3 is 6.18 Å². The van der Waals surface area contributed by atoms with Crippen molar-refractivity contribution in [3.63, 3.8) is 0 Å². The minimum absolute atomic E-state index is 0. The minimum Gasteiger partial charge on any atom is -0.316 e. The van der Waals surface area contributed by atoms with Gasteiger partial charge in [0.15, 0.2) is 0 Å². The molecule has 1 fully saturated rings. The second kappa shape index (κ2) is 6.31. The Hall–Kier alpha value is -1.52. The fraction of sp³-hybridized carbons (Fsp3) is 0.294. The third-order valence-electron chi connectivity index (χ3n) is 4.04. The van der Waals surface area contributed by atoms with E-state index in [1.54, 1.807) is 12.1 Å². The summed E-state index contributed by atoms with van der Waals surface area (Å²) in [5, 5.41) is 3.25. The maximum absolute atomic E-state index is 12.6. The van der Waals surface area contributed by atoms with Gasteiger partial charge in [0.25, 0.3) is 0 Å². The summed E-state index contributed by atoms with van der Waals surface area (Å²) in [5.74, 6) is 0.452. The van der Waals surface area contributed by atoms with Gasteiger partial charge < -0.3 is 5.32 Å². The average molecular weight is 328 g/mol. The van der Waals surface area contributed by atoms with Crippen LogP contribution in [0.1, 0.15) is 23.5 Å². The van der Waals surface area contributed by atoms with E-state index in [0.29, 0.717) is 12.0 Å². The zero-order chi connectivity index (χ0) is 15.0. The first-order valence-electron chi connectivity index (χ1n) is 6.94. The summed E-state index contributed by atoms with van der Waals surface area (Å²) in [6.45, 7) is 0. The van der Waals surface area contributed by atoms with Crippen molar-refractivity contribution in [3.05, 3.63) is 59.7 Å². The Morgan fingerprint density at radius 2 is 1.64 bits per heavy atom. The van der Waals surface area contributed by atoms with Crippen molar-refractivity contribution in [1.82, 2.24) is 5.32 Å². The van der Waals surface area contributed by atoms with Crippen molar-refractivity contribution in [1.29, 1.82) is 0 Å². The Balaban J connectivity index is 0.00000176. The van der Waals surface area contributed by atoms with Crippen molar-refractivity contribution < 1.29 is 13.2 Å². The van der Waals surface area contributed by atoms with Crippen LogP contribution in [0.25, 0.3) is 11.1 Å². The van der Waals surface area contributed by atoms with Crippen molar-refractivity contribution in [2.45, 2.75) is 24.6 Å². The SMILES string of the molecule is CNC1CC1c1ccccc1-c1ccc(C(F)(F)F)cc1.Cl. The molecule has 5 heteroatoms. The normalized spacial score (nSPS) is 20.4. The summed E-state index contributed by atoms with van der Waals surface area (Å²) < 4.78 is 37.9. The van der Waals surface area contributed by atoms with Crippen LogP contribution in [0.5, 0.6) is 0 Å². The molecular weight excluding hydrogens is 311 g/mol. The number of hydrogen-bond acceptors (Lipinski definition) is 1. The summed E-state index contributed by atoms with van der Waals surface area (Å²) in [7, 11) is 1.94. The standard InChI is InChI=1S/C17H16F3N.ClH/c1-21-16-10-15(16)14-5-3-2-4-13(14)11-6-8-12(9-7-11)17(18,19)20;/h2-9,15-16,21H,10H2,1H3;1H. The second-order valence-corrected chi connectivity index (χ2v) is 5.40. The van der Waals surface area contributed by atoms with E-state index in [1.165, 1.54) is 5.56 Å². The molecule has 0 spiro atoms. The number of halogens is 4. The van der Waals surface area contributed by atoms with Crippen molar-refractivity contribution in [2.75, 3.05) is 7.05 Å². The Kier molecular flexibility index (Phi) is 4.83. The molecule has 0 aromatic heterocycles. The molecule has 1 saturated carbocycles. The van der Waals surface area contributed by atoms with Gasteiger partial charge in [-0.15, -0.1) is 12.4 Å². The number of likely N-dealkylation sites (N-methyl/N-ethyl adjacent to an activating group) is 1. The highest BCUT2D eigenvalue weighted by Gasteiger charge is 2.38. The van der Waals surface area contributed by atoms with Crippen LogP contribution in [-0.4, -0.2) is 13.1 Å². The lowest BCUT2D eigenvalue weighted by atomic mass is 9.96. The zero-order valence-corrected chi connectivity index (χ0v) is 12.8. The fourth-order valence-electron chi connectivity index (χ4n) is 2.78. The largest absolute Gasteiger partial charge is 0.416 e. The quantitative estimate of drug-likeness (QED) is 0.848. The second-order valence-electron chi connectivity index (χ2n) is 5.40. The van der Waals surface area contributed by atoms with E-state index in [-0.39, 0.29) is 12.4 Å². The summed E-state index contributed by atoms with van der Waals surface area (Å²) >= 11 is 0. The van der Waals surface area contributed by atoms with Crippen LogP contribution < -0.4 is 5.32 Å². The summed E-state index contributed by atoms with van der Waals surface area (Å²) in [4.78, 5) is 0. The molecule has 2 unspecified atom stereocenters. The minimum atomic E-state index is -4.29. The molecule has 1 aliphatic rings. The van der Waals surface area contributed by atoms with E-state index in [1.807, 2.05) is 25.2 Å². The van der Waals surface area contributed by atoms with E-state index in [0.717, 1.165) is 29.7 Å². The van der Waals surface area contributed by atoms with Crippen LogP contribution >= 0.6 is 12.4 Å². The number of rotatable bonds is 3. The topological polar surface area (TPSA) is 12.0 Å². The molecule has 0 amide bonds. The van der Waals surface area contributed by atoms with E-state index in [9.17, 15) is 13.2 Å². The van der Waals surface area contributed by atoms with Crippen LogP contribution in [0.4, 0.5) is 13.2 Å². The Morgan fingerprint density at radius 3 is 2.18 bits per heavy atom. The molecule has 22 heavy (non-hydrogen) atoms.